The molecule has 0 aliphatic heterocycles. The summed E-state index contributed by atoms with van der Waals surface area (Å²) in [5.41, 5.74) is 1.57. The van der Waals surface area contributed by atoms with Gasteiger partial charge in [-0.05, 0) is 42.5 Å². The van der Waals surface area contributed by atoms with Crippen LogP contribution in [0.25, 0.3) is 0 Å². The number of hydrogen-bond acceptors (Lipinski definition) is 3. The maximum atomic E-state index is 13.6. The molecule has 2 N–H and O–H groups in total. The van der Waals surface area contributed by atoms with Crippen molar-refractivity contribution in [3.63, 3.8) is 0 Å². The minimum atomic E-state index is -0.234. The Morgan fingerprint density at radius 3 is 2.74 bits per heavy atom. The van der Waals surface area contributed by atoms with Crippen LogP contribution in [0.2, 0.25) is 0 Å². The van der Waals surface area contributed by atoms with Crippen LogP contribution in [0.5, 0.6) is 0 Å². The molecule has 0 saturated heterocycles. The van der Waals surface area contributed by atoms with Crippen LogP contribution in [0, 0.1) is 5.82 Å². The van der Waals surface area contributed by atoms with Crippen LogP contribution in [-0.4, -0.2) is 38.7 Å². The summed E-state index contributed by atoms with van der Waals surface area (Å²) < 4.78 is 18.5. The van der Waals surface area contributed by atoms with E-state index in [0.29, 0.717) is 12.1 Å². The van der Waals surface area contributed by atoms with E-state index in [9.17, 15) is 4.39 Å². The minimum Gasteiger partial charge on any atom is -0.380 e. The number of unbranched alkanes of at least 4 members (excludes halogenated alkanes) is 1. The minimum absolute atomic E-state index is 0. The number of nitrogens with one attached hydrogen (secondary N) is 2. The number of rotatable bonds is 9. The van der Waals surface area contributed by atoms with Gasteiger partial charge in [-0.2, -0.15) is 11.8 Å². The second-order valence-electron chi connectivity index (χ2n) is 4.91. The normalized spacial score (nSPS) is 11.0. The van der Waals surface area contributed by atoms with E-state index in [1.54, 1.807) is 20.2 Å². The molecule has 0 radical (unpaired) electrons. The fourth-order valence-corrected chi connectivity index (χ4v) is 2.48. The first-order valence-corrected chi connectivity index (χ1v) is 8.80. The van der Waals surface area contributed by atoms with E-state index >= 15 is 0 Å². The maximum Gasteiger partial charge on any atom is 0.191 e. The van der Waals surface area contributed by atoms with Gasteiger partial charge in [-0.15, -0.1) is 24.0 Å². The number of ether oxygens (including phenoxy) is 1. The summed E-state index contributed by atoms with van der Waals surface area (Å²) >= 11 is 1.87. The van der Waals surface area contributed by atoms with E-state index in [1.165, 1.54) is 18.2 Å². The molecule has 7 heteroatoms. The number of halogens is 2. The fourth-order valence-electron chi connectivity index (χ4n) is 1.99. The molecular weight excluding hydrogens is 428 g/mol. The summed E-state index contributed by atoms with van der Waals surface area (Å²) in [7, 11) is 3.31. The number of methoxy groups -OCH3 is 1. The second kappa shape index (κ2) is 13.9. The van der Waals surface area contributed by atoms with Gasteiger partial charge >= 0.3 is 0 Å². The Kier molecular flexibility index (Phi) is 13.5. The number of thioether (sulfide) groups is 1. The van der Waals surface area contributed by atoms with Gasteiger partial charge in [0.2, 0.25) is 0 Å². The van der Waals surface area contributed by atoms with Crippen molar-refractivity contribution >= 4 is 41.7 Å². The van der Waals surface area contributed by atoms with E-state index in [1.807, 2.05) is 17.8 Å². The molecule has 1 aromatic rings. The van der Waals surface area contributed by atoms with E-state index in [-0.39, 0.29) is 36.4 Å². The summed E-state index contributed by atoms with van der Waals surface area (Å²) in [6.45, 7) is 1.78. The molecule has 1 aromatic carbocycles. The van der Waals surface area contributed by atoms with Crippen molar-refractivity contribution in [2.24, 2.45) is 4.99 Å². The molecular formula is C16H27FIN3OS. The van der Waals surface area contributed by atoms with Crippen molar-refractivity contribution < 1.29 is 9.13 Å². The summed E-state index contributed by atoms with van der Waals surface area (Å²) in [4.78, 5) is 4.19. The Labute approximate surface area is 160 Å². The molecule has 0 amide bonds. The van der Waals surface area contributed by atoms with Gasteiger partial charge in [0.1, 0.15) is 5.82 Å². The van der Waals surface area contributed by atoms with E-state index in [4.69, 9.17) is 4.74 Å². The third-order valence-electron chi connectivity index (χ3n) is 3.16. The van der Waals surface area contributed by atoms with Crippen molar-refractivity contribution in [2.75, 3.05) is 32.7 Å². The molecule has 132 valence electrons. The third-order valence-corrected chi connectivity index (χ3v) is 3.86. The van der Waals surface area contributed by atoms with Gasteiger partial charge < -0.3 is 15.4 Å². The lowest BCUT2D eigenvalue weighted by molar-refractivity contribution is 0.181. The fraction of sp³-hybridized carbons (Fsp3) is 0.562. The lowest BCUT2D eigenvalue weighted by atomic mass is 10.1. The first-order chi connectivity index (χ1) is 10.7. The lowest BCUT2D eigenvalue weighted by Gasteiger charge is -2.12. The monoisotopic (exact) mass is 455 g/mol. The highest BCUT2D eigenvalue weighted by atomic mass is 127. The van der Waals surface area contributed by atoms with Crippen molar-refractivity contribution in [2.45, 2.75) is 26.0 Å². The molecule has 0 fully saturated rings. The van der Waals surface area contributed by atoms with Crippen LogP contribution in [0.15, 0.2) is 23.2 Å². The molecule has 0 saturated carbocycles. The SMILES string of the molecule is CN=C(NCCCCSC)NCc1ccc(F)c(COC)c1.I. The Hall–Kier alpha value is -0.540. The van der Waals surface area contributed by atoms with Crippen LogP contribution in [0.4, 0.5) is 4.39 Å². The zero-order valence-corrected chi connectivity index (χ0v) is 17.2. The Morgan fingerprint density at radius 1 is 1.30 bits per heavy atom. The Balaban J connectivity index is 0.00000484. The van der Waals surface area contributed by atoms with Gasteiger partial charge in [0, 0.05) is 32.8 Å². The van der Waals surface area contributed by atoms with Gasteiger partial charge in [-0.1, -0.05) is 6.07 Å². The number of hydrogen-bond donors (Lipinski definition) is 2. The molecule has 0 aliphatic carbocycles. The maximum absolute atomic E-state index is 13.6. The van der Waals surface area contributed by atoms with Gasteiger partial charge in [0.25, 0.3) is 0 Å². The Bertz CT molecular complexity index is 475. The van der Waals surface area contributed by atoms with Crippen LogP contribution in [0.1, 0.15) is 24.0 Å². The average molecular weight is 455 g/mol. The van der Waals surface area contributed by atoms with Gasteiger partial charge in [0.05, 0.1) is 6.61 Å². The van der Waals surface area contributed by atoms with Crippen molar-refractivity contribution in [3.8, 4) is 0 Å². The molecule has 0 heterocycles. The summed E-state index contributed by atoms with van der Waals surface area (Å²) in [6.07, 6.45) is 4.44. The third kappa shape index (κ3) is 9.36. The predicted octanol–water partition coefficient (Wildman–Crippen LogP) is 3.40. The molecule has 1 rings (SSSR count). The molecule has 0 aliphatic rings. The molecule has 0 spiro atoms. The van der Waals surface area contributed by atoms with Crippen molar-refractivity contribution in [3.05, 3.63) is 35.1 Å². The number of guanidine groups is 1. The quantitative estimate of drug-likeness (QED) is 0.259. The molecule has 0 atom stereocenters. The van der Waals surface area contributed by atoms with E-state index < -0.39 is 0 Å². The number of benzene rings is 1. The van der Waals surface area contributed by atoms with Crippen LogP contribution < -0.4 is 10.6 Å². The molecule has 23 heavy (non-hydrogen) atoms. The summed E-state index contributed by atoms with van der Waals surface area (Å²) in [6, 6.07) is 5.06. The Morgan fingerprint density at radius 2 is 2.09 bits per heavy atom. The summed E-state index contributed by atoms with van der Waals surface area (Å²) in [5.74, 6) is 1.72. The molecule has 0 unspecified atom stereocenters. The highest BCUT2D eigenvalue weighted by molar-refractivity contribution is 14.0. The first-order valence-electron chi connectivity index (χ1n) is 7.41. The largest absolute Gasteiger partial charge is 0.380 e. The standard InChI is InChI=1S/C16H26FN3OS.HI/c1-18-16(19-8-4-5-9-22-3)20-11-13-6-7-15(17)14(10-13)12-21-2;/h6-7,10H,4-5,8-9,11-12H2,1-3H3,(H2,18,19,20);1H. The molecule has 0 aromatic heterocycles. The zero-order chi connectivity index (χ0) is 16.2. The van der Waals surface area contributed by atoms with Gasteiger partial charge in [-0.25, -0.2) is 4.39 Å². The second-order valence-corrected chi connectivity index (χ2v) is 5.90. The highest BCUT2D eigenvalue weighted by Gasteiger charge is 2.04. The van der Waals surface area contributed by atoms with Crippen LogP contribution in [0.3, 0.4) is 0 Å². The van der Waals surface area contributed by atoms with Crippen LogP contribution in [-0.2, 0) is 17.9 Å². The lowest BCUT2D eigenvalue weighted by Crippen LogP contribution is -2.37. The molecule has 0 bridgehead atoms. The van der Waals surface area contributed by atoms with Crippen molar-refractivity contribution in [1.29, 1.82) is 0 Å². The number of nitrogens with zero attached hydrogens (tertiary/aromatic N) is 1. The highest BCUT2D eigenvalue weighted by Crippen LogP contribution is 2.11. The molecule has 4 nitrogen and oxygen atoms in total. The van der Waals surface area contributed by atoms with Gasteiger partial charge in [0.15, 0.2) is 5.96 Å². The smallest absolute Gasteiger partial charge is 0.191 e. The van der Waals surface area contributed by atoms with Gasteiger partial charge in [-0.3, -0.25) is 4.99 Å². The van der Waals surface area contributed by atoms with Crippen LogP contribution >= 0.6 is 35.7 Å². The summed E-state index contributed by atoms with van der Waals surface area (Å²) in [5, 5.41) is 6.52. The van der Waals surface area contributed by atoms with E-state index in [0.717, 1.165) is 24.5 Å². The average Bonchev–Trinajstić information content (AvgIpc) is 2.53. The zero-order valence-electron chi connectivity index (χ0n) is 14.0. The van der Waals surface area contributed by atoms with E-state index in [2.05, 4.69) is 21.9 Å². The topological polar surface area (TPSA) is 45.7 Å². The van der Waals surface area contributed by atoms with Crippen molar-refractivity contribution in [1.82, 2.24) is 10.6 Å². The first kappa shape index (κ1) is 22.5. The predicted molar refractivity (Wildman–Crippen MR) is 108 cm³/mol. The number of aliphatic imine (C=N–C) groups is 1.